The molecule has 0 unspecified atom stereocenters. The van der Waals surface area contributed by atoms with E-state index in [9.17, 15) is 13.6 Å². The van der Waals surface area contributed by atoms with E-state index >= 15 is 0 Å². The Balaban J connectivity index is 2.06. The van der Waals surface area contributed by atoms with Gasteiger partial charge in [0.25, 0.3) is 0 Å². The second-order valence-electron chi connectivity index (χ2n) is 4.27. The minimum atomic E-state index is -0.807. The molecule has 0 radical (unpaired) electrons. The van der Waals surface area contributed by atoms with Crippen LogP contribution >= 0.6 is 22.9 Å². The van der Waals surface area contributed by atoms with Gasteiger partial charge in [-0.25, -0.2) is 13.6 Å². The average molecular weight is 331 g/mol. The maximum Gasteiger partial charge on any atom is 0.322 e. The third kappa shape index (κ3) is 4.15. The number of urea groups is 1. The number of amides is 2. The van der Waals surface area contributed by atoms with Crippen LogP contribution in [0.15, 0.2) is 30.3 Å². The fraction of sp³-hybridized carbons (Fsp3) is 0.214. The molecule has 3 nitrogen and oxygen atoms in total. The van der Waals surface area contributed by atoms with E-state index in [0.29, 0.717) is 17.4 Å². The Morgan fingerprint density at radius 2 is 2.10 bits per heavy atom. The molecule has 0 saturated carbocycles. The molecule has 2 aromatic rings. The fourth-order valence-corrected chi connectivity index (χ4v) is 2.84. The molecule has 112 valence electrons. The first-order valence-electron chi connectivity index (χ1n) is 6.24. The number of halogens is 3. The van der Waals surface area contributed by atoms with E-state index in [-0.39, 0.29) is 5.69 Å². The van der Waals surface area contributed by atoms with Crippen LogP contribution in [-0.4, -0.2) is 17.5 Å². The summed E-state index contributed by atoms with van der Waals surface area (Å²) in [6.45, 7) is 2.64. The van der Waals surface area contributed by atoms with Crippen molar-refractivity contribution in [1.82, 2.24) is 4.90 Å². The highest BCUT2D eigenvalue weighted by Crippen LogP contribution is 2.23. The summed E-state index contributed by atoms with van der Waals surface area (Å²) in [7, 11) is 0. The van der Waals surface area contributed by atoms with Crippen molar-refractivity contribution in [2.45, 2.75) is 13.5 Å². The maximum absolute atomic E-state index is 13.5. The summed E-state index contributed by atoms with van der Waals surface area (Å²) in [5.41, 5.74) is -0.0518. The lowest BCUT2D eigenvalue weighted by molar-refractivity contribution is 0.212. The molecule has 2 amide bonds. The maximum atomic E-state index is 13.5. The van der Waals surface area contributed by atoms with Gasteiger partial charge in [0, 0.05) is 17.5 Å². The molecule has 0 fully saturated rings. The lowest BCUT2D eigenvalue weighted by atomic mass is 10.3. The van der Waals surface area contributed by atoms with Gasteiger partial charge in [0.15, 0.2) is 0 Å². The third-order valence-corrected chi connectivity index (χ3v) is 4.03. The number of anilines is 1. The monoisotopic (exact) mass is 330 g/mol. The molecule has 0 aliphatic carbocycles. The van der Waals surface area contributed by atoms with Gasteiger partial charge in [-0.2, -0.15) is 0 Å². The third-order valence-electron chi connectivity index (χ3n) is 2.82. The van der Waals surface area contributed by atoms with Gasteiger partial charge in [0.1, 0.15) is 11.6 Å². The molecule has 21 heavy (non-hydrogen) atoms. The van der Waals surface area contributed by atoms with E-state index in [1.165, 1.54) is 22.3 Å². The zero-order valence-electron chi connectivity index (χ0n) is 11.2. The van der Waals surface area contributed by atoms with Gasteiger partial charge in [-0.3, -0.25) is 0 Å². The number of rotatable bonds is 4. The number of carbonyl (C=O) groups is 1. The molecule has 7 heteroatoms. The molecule has 2 rings (SSSR count). The first kappa shape index (κ1) is 15.7. The molecule has 0 atom stereocenters. The summed E-state index contributed by atoms with van der Waals surface area (Å²) in [5.74, 6) is -1.50. The second-order valence-corrected chi connectivity index (χ2v) is 6.07. The molecule has 0 saturated heterocycles. The van der Waals surface area contributed by atoms with E-state index in [1.54, 1.807) is 6.07 Å². The van der Waals surface area contributed by atoms with Crippen LogP contribution in [-0.2, 0) is 6.54 Å². The number of carbonyl (C=O) groups excluding carboxylic acids is 1. The van der Waals surface area contributed by atoms with Crippen molar-refractivity contribution in [3.8, 4) is 0 Å². The minimum Gasteiger partial charge on any atom is -0.320 e. The molecule has 0 aliphatic rings. The van der Waals surface area contributed by atoms with Crippen molar-refractivity contribution in [3.05, 3.63) is 51.2 Å². The van der Waals surface area contributed by atoms with E-state index in [2.05, 4.69) is 5.32 Å². The smallest absolute Gasteiger partial charge is 0.320 e. The highest BCUT2D eigenvalue weighted by Gasteiger charge is 2.15. The lowest BCUT2D eigenvalue weighted by Gasteiger charge is -2.20. The highest BCUT2D eigenvalue weighted by molar-refractivity contribution is 7.16. The fourth-order valence-electron chi connectivity index (χ4n) is 1.74. The summed E-state index contributed by atoms with van der Waals surface area (Å²) in [6, 6.07) is 6.15. The van der Waals surface area contributed by atoms with Gasteiger partial charge in [0.05, 0.1) is 16.6 Å². The predicted molar refractivity (Wildman–Crippen MR) is 80.8 cm³/mol. The van der Waals surface area contributed by atoms with Crippen molar-refractivity contribution in [2.24, 2.45) is 0 Å². The van der Waals surface area contributed by atoms with Crippen LogP contribution in [0, 0.1) is 11.6 Å². The van der Waals surface area contributed by atoms with Crippen LogP contribution in [0.1, 0.15) is 11.8 Å². The zero-order chi connectivity index (χ0) is 15.4. The van der Waals surface area contributed by atoms with E-state index in [0.717, 1.165) is 17.0 Å². The number of hydrogen-bond donors (Lipinski definition) is 1. The molecule has 1 aromatic heterocycles. The van der Waals surface area contributed by atoms with Gasteiger partial charge in [0.2, 0.25) is 0 Å². The number of hydrogen-bond acceptors (Lipinski definition) is 2. The number of nitrogens with one attached hydrogen (secondary N) is 1. The Kier molecular flexibility index (Phi) is 5.14. The first-order valence-corrected chi connectivity index (χ1v) is 7.44. The number of thiophene rings is 1. The van der Waals surface area contributed by atoms with Gasteiger partial charge in [-0.05, 0) is 31.2 Å². The summed E-state index contributed by atoms with van der Waals surface area (Å²) in [4.78, 5) is 14.6. The van der Waals surface area contributed by atoms with Crippen molar-refractivity contribution in [2.75, 3.05) is 11.9 Å². The molecule has 0 spiro atoms. The van der Waals surface area contributed by atoms with Crippen LogP contribution in [0.3, 0.4) is 0 Å². The Morgan fingerprint density at radius 3 is 2.67 bits per heavy atom. The lowest BCUT2D eigenvalue weighted by Crippen LogP contribution is -2.34. The van der Waals surface area contributed by atoms with Crippen LogP contribution in [0.5, 0.6) is 0 Å². The van der Waals surface area contributed by atoms with Gasteiger partial charge < -0.3 is 10.2 Å². The standard InChI is InChI=1S/C14H13ClF2N2OS/c1-2-19(8-10-4-6-13(15)21-10)14(20)18-12-5-3-9(16)7-11(12)17/h3-7H,2,8H2,1H3,(H,18,20). The summed E-state index contributed by atoms with van der Waals surface area (Å²) >= 11 is 7.23. The number of benzene rings is 1. The van der Waals surface area contributed by atoms with Crippen molar-refractivity contribution in [1.29, 1.82) is 0 Å². The normalized spacial score (nSPS) is 10.5. The molecule has 1 aromatic carbocycles. The van der Waals surface area contributed by atoms with Crippen molar-refractivity contribution >= 4 is 34.7 Å². The van der Waals surface area contributed by atoms with Crippen LogP contribution < -0.4 is 5.32 Å². The average Bonchev–Trinajstić information content (AvgIpc) is 2.84. The molecular weight excluding hydrogens is 318 g/mol. The second kappa shape index (κ2) is 6.87. The largest absolute Gasteiger partial charge is 0.322 e. The SMILES string of the molecule is CCN(Cc1ccc(Cl)s1)C(=O)Nc1ccc(F)cc1F. The van der Waals surface area contributed by atoms with Crippen LogP contribution in [0.4, 0.5) is 19.3 Å². The Bertz CT molecular complexity index is 648. The quantitative estimate of drug-likeness (QED) is 0.863. The summed E-state index contributed by atoms with van der Waals surface area (Å²) in [5, 5.41) is 2.43. The first-order chi connectivity index (χ1) is 9.99. The van der Waals surface area contributed by atoms with E-state index in [4.69, 9.17) is 11.6 Å². The van der Waals surface area contributed by atoms with Crippen molar-refractivity contribution in [3.63, 3.8) is 0 Å². The molecule has 0 bridgehead atoms. The van der Waals surface area contributed by atoms with Crippen LogP contribution in [0.25, 0.3) is 0 Å². The molecular formula is C14H13ClF2N2OS. The molecule has 1 heterocycles. The summed E-state index contributed by atoms with van der Waals surface area (Å²) in [6.07, 6.45) is 0. The Morgan fingerprint density at radius 1 is 1.33 bits per heavy atom. The minimum absolute atomic E-state index is 0.0518. The Hall–Kier alpha value is -1.66. The highest BCUT2D eigenvalue weighted by atomic mass is 35.5. The van der Waals surface area contributed by atoms with E-state index < -0.39 is 17.7 Å². The topological polar surface area (TPSA) is 32.3 Å². The zero-order valence-corrected chi connectivity index (χ0v) is 12.8. The molecule has 1 N–H and O–H groups in total. The Labute approximate surface area is 130 Å². The predicted octanol–water partition coefficient (Wildman–Crippen LogP) is 4.73. The van der Waals surface area contributed by atoms with Gasteiger partial charge >= 0.3 is 6.03 Å². The molecule has 0 aliphatic heterocycles. The summed E-state index contributed by atoms with van der Waals surface area (Å²) < 4.78 is 27.0. The number of nitrogens with zero attached hydrogens (tertiary/aromatic N) is 1. The van der Waals surface area contributed by atoms with Crippen molar-refractivity contribution < 1.29 is 13.6 Å². The van der Waals surface area contributed by atoms with Gasteiger partial charge in [-0.15, -0.1) is 11.3 Å². The van der Waals surface area contributed by atoms with Gasteiger partial charge in [-0.1, -0.05) is 11.6 Å². The van der Waals surface area contributed by atoms with E-state index in [1.807, 2.05) is 13.0 Å². The van der Waals surface area contributed by atoms with Crippen LogP contribution in [0.2, 0.25) is 4.34 Å².